The molecule has 0 amide bonds. The van der Waals surface area contributed by atoms with Crippen molar-refractivity contribution in [1.29, 1.82) is 0 Å². The third-order valence-electron chi connectivity index (χ3n) is 3.67. The highest BCUT2D eigenvalue weighted by atomic mass is 19.1. The number of fused-ring (bicyclic) bond motifs is 1. The molecule has 1 aromatic rings. The molecule has 0 aromatic carbocycles. The van der Waals surface area contributed by atoms with Crippen molar-refractivity contribution in [3.63, 3.8) is 0 Å². The number of nitrogens with one attached hydrogen (secondary N) is 1. The van der Waals surface area contributed by atoms with Crippen molar-refractivity contribution < 1.29 is 4.39 Å². The molecule has 1 aliphatic carbocycles. The Morgan fingerprint density at radius 2 is 2.31 bits per heavy atom. The van der Waals surface area contributed by atoms with Crippen LogP contribution in [-0.4, -0.2) is 17.6 Å². The number of rotatable bonds is 1. The summed E-state index contributed by atoms with van der Waals surface area (Å²) in [7, 11) is 0. The predicted octanol–water partition coefficient (Wildman–Crippen LogP) is 2.38. The van der Waals surface area contributed by atoms with E-state index in [1.165, 1.54) is 18.2 Å². The predicted molar refractivity (Wildman–Crippen MR) is 61.3 cm³/mol. The highest BCUT2D eigenvalue weighted by Gasteiger charge is 2.29. The summed E-state index contributed by atoms with van der Waals surface area (Å²) in [6.07, 6.45) is 8.66. The van der Waals surface area contributed by atoms with Crippen molar-refractivity contribution in [1.82, 2.24) is 10.3 Å². The van der Waals surface area contributed by atoms with Crippen LogP contribution in [0.4, 0.5) is 4.39 Å². The second-order valence-electron chi connectivity index (χ2n) is 4.67. The molecule has 2 aliphatic rings. The van der Waals surface area contributed by atoms with Gasteiger partial charge < -0.3 is 5.32 Å². The molecule has 84 valence electrons. The zero-order valence-electron chi connectivity index (χ0n) is 9.12. The second kappa shape index (κ2) is 3.98. The van der Waals surface area contributed by atoms with Gasteiger partial charge in [-0.15, -0.1) is 0 Å². The number of aromatic nitrogens is 1. The molecule has 16 heavy (non-hydrogen) atoms. The number of allylic oxidation sites excluding steroid dienone is 1. The van der Waals surface area contributed by atoms with Crippen LogP contribution in [0, 0.1) is 11.7 Å². The van der Waals surface area contributed by atoms with Crippen molar-refractivity contribution in [2.24, 2.45) is 5.92 Å². The minimum atomic E-state index is -0.250. The number of halogens is 1. The maximum atomic E-state index is 13.1. The minimum Gasteiger partial charge on any atom is -0.313 e. The number of hydrogen-bond acceptors (Lipinski definition) is 2. The van der Waals surface area contributed by atoms with Gasteiger partial charge in [-0.25, -0.2) is 4.39 Å². The van der Waals surface area contributed by atoms with Crippen LogP contribution in [0.5, 0.6) is 0 Å². The molecule has 1 fully saturated rings. The van der Waals surface area contributed by atoms with Crippen LogP contribution in [-0.2, 0) is 0 Å². The fourth-order valence-electron chi connectivity index (χ4n) is 2.78. The minimum absolute atomic E-state index is 0.250. The summed E-state index contributed by atoms with van der Waals surface area (Å²) in [5, 5.41) is 3.52. The highest BCUT2D eigenvalue weighted by Crippen LogP contribution is 2.34. The summed E-state index contributed by atoms with van der Waals surface area (Å²) in [5.41, 5.74) is 2.18. The monoisotopic (exact) mass is 218 g/mol. The Bertz CT molecular complexity index is 428. The van der Waals surface area contributed by atoms with Crippen LogP contribution in [0.15, 0.2) is 24.5 Å². The number of nitrogens with zero attached hydrogens (tertiary/aromatic N) is 1. The first-order chi connectivity index (χ1) is 7.83. The molecule has 1 aromatic heterocycles. The van der Waals surface area contributed by atoms with Crippen molar-refractivity contribution >= 4 is 5.57 Å². The quantitative estimate of drug-likeness (QED) is 0.782. The van der Waals surface area contributed by atoms with E-state index < -0.39 is 0 Å². The van der Waals surface area contributed by atoms with Gasteiger partial charge in [-0.2, -0.15) is 0 Å². The Morgan fingerprint density at radius 1 is 1.38 bits per heavy atom. The van der Waals surface area contributed by atoms with E-state index in [0.717, 1.165) is 30.9 Å². The van der Waals surface area contributed by atoms with Gasteiger partial charge in [0.15, 0.2) is 0 Å². The summed E-state index contributed by atoms with van der Waals surface area (Å²) in [4.78, 5) is 3.91. The first-order valence-corrected chi connectivity index (χ1v) is 5.86. The molecular formula is C13H15FN2. The van der Waals surface area contributed by atoms with Crippen molar-refractivity contribution in [2.45, 2.75) is 25.3 Å². The Morgan fingerprint density at radius 3 is 3.19 bits per heavy atom. The highest BCUT2D eigenvalue weighted by molar-refractivity contribution is 5.66. The van der Waals surface area contributed by atoms with E-state index in [-0.39, 0.29) is 5.82 Å². The van der Waals surface area contributed by atoms with Gasteiger partial charge in [-0.1, -0.05) is 6.08 Å². The van der Waals surface area contributed by atoms with Crippen LogP contribution in [0.25, 0.3) is 5.57 Å². The van der Waals surface area contributed by atoms with E-state index in [1.807, 2.05) is 0 Å². The SMILES string of the molecule is Fc1cncc(C2=CCC3CCNC3C2)c1. The molecule has 1 saturated heterocycles. The van der Waals surface area contributed by atoms with E-state index >= 15 is 0 Å². The lowest BCUT2D eigenvalue weighted by Gasteiger charge is -2.25. The summed E-state index contributed by atoms with van der Waals surface area (Å²) in [5.74, 6) is 0.533. The summed E-state index contributed by atoms with van der Waals surface area (Å²) < 4.78 is 13.1. The Kier molecular flexibility index (Phi) is 2.48. The van der Waals surface area contributed by atoms with Gasteiger partial charge in [0.05, 0.1) is 6.20 Å². The zero-order valence-corrected chi connectivity index (χ0v) is 9.12. The molecule has 2 nitrogen and oxygen atoms in total. The van der Waals surface area contributed by atoms with Gasteiger partial charge in [-0.05, 0) is 48.9 Å². The Labute approximate surface area is 94.6 Å². The van der Waals surface area contributed by atoms with Gasteiger partial charge in [0, 0.05) is 12.2 Å². The maximum Gasteiger partial charge on any atom is 0.142 e. The first-order valence-electron chi connectivity index (χ1n) is 5.86. The van der Waals surface area contributed by atoms with Gasteiger partial charge >= 0.3 is 0 Å². The molecule has 0 radical (unpaired) electrons. The summed E-state index contributed by atoms with van der Waals surface area (Å²) in [6, 6.07) is 2.16. The molecule has 1 aliphatic heterocycles. The molecule has 3 rings (SSSR count). The van der Waals surface area contributed by atoms with Crippen molar-refractivity contribution in [2.75, 3.05) is 6.54 Å². The van der Waals surface area contributed by atoms with E-state index in [2.05, 4.69) is 16.4 Å². The summed E-state index contributed by atoms with van der Waals surface area (Å²) in [6.45, 7) is 1.12. The van der Waals surface area contributed by atoms with Gasteiger partial charge in [0.25, 0.3) is 0 Å². The molecule has 2 heterocycles. The molecular weight excluding hydrogens is 203 g/mol. The third kappa shape index (κ3) is 1.76. The molecule has 2 atom stereocenters. The Balaban J connectivity index is 1.85. The number of hydrogen-bond donors (Lipinski definition) is 1. The van der Waals surface area contributed by atoms with E-state index in [1.54, 1.807) is 12.3 Å². The lowest BCUT2D eigenvalue weighted by atomic mass is 9.84. The third-order valence-corrected chi connectivity index (χ3v) is 3.67. The van der Waals surface area contributed by atoms with E-state index in [4.69, 9.17) is 0 Å². The second-order valence-corrected chi connectivity index (χ2v) is 4.67. The fraction of sp³-hybridized carbons (Fsp3) is 0.462. The molecule has 2 unspecified atom stereocenters. The van der Waals surface area contributed by atoms with Crippen LogP contribution in [0.2, 0.25) is 0 Å². The number of pyridine rings is 1. The van der Waals surface area contributed by atoms with Crippen LogP contribution >= 0.6 is 0 Å². The molecule has 1 N–H and O–H groups in total. The normalized spacial score (nSPS) is 28.7. The average Bonchev–Trinajstić information content (AvgIpc) is 2.75. The van der Waals surface area contributed by atoms with E-state index in [0.29, 0.717) is 6.04 Å². The Hall–Kier alpha value is -1.22. The average molecular weight is 218 g/mol. The van der Waals surface area contributed by atoms with Crippen LogP contribution in [0.3, 0.4) is 0 Å². The van der Waals surface area contributed by atoms with E-state index in [9.17, 15) is 4.39 Å². The van der Waals surface area contributed by atoms with Crippen molar-refractivity contribution in [3.8, 4) is 0 Å². The lowest BCUT2D eigenvalue weighted by molar-refractivity contribution is 0.445. The van der Waals surface area contributed by atoms with Crippen molar-refractivity contribution in [3.05, 3.63) is 35.9 Å². The maximum absolute atomic E-state index is 13.1. The largest absolute Gasteiger partial charge is 0.313 e. The summed E-state index contributed by atoms with van der Waals surface area (Å²) >= 11 is 0. The van der Waals surface area contributed by atoms with Crippen LogP contribution in [0.1, 0.15) is 24.8 Å². The smallest absolute Gasteiger partial charge is 0.142 e. The topological polar surface area (TPSA) is 24.9 Å². The molecule has 0 bridgehead atoms. The standard InChI is InChI=1S/C13H15FN2/c14-12-5-11(7-15-8-12)10-2-1-9-3-4-16-13(9)6-10/h2,5,7-9,13,16H,1,3-4,6H2. The van der Waals surface area contributed by atoms with Crippen LogP contribution < -0.4 is 5.32 Å². The first kappa shape index (κ1) is 9.97. The van der Waals surface area contributed by atoms with Gasteiger partial charge in [0.2, 0.25) is 0 Å². The lowest BCUT2D eigenvalue weighted by Crippen LogP contribution is -2.29. The molecule has 0 spiro atoms. The zero-order chi connectivity index (χ0) is 11.0. The molecule has 3 heteroatoms. The van der Waals surface area contributed by atoms with Gasteiger partial charge in [-0.3, -0.25) is 4.98 Å². The fourth-order valence-corrected chi connectivity index (χ4v) is 2.78. The molecule has 0 saturated carbocycles. The van der Waals surface area contributed by atoms with Gasteiger partial charge in [0.1, 0.15) is 5.82 Å².